The van der Waals surface area contributed by atoms with Crippen molar-refractivity contribution in [1.29, 1.82) is 0 Å². The predicted molar refractivity (Wildman–Crippen MR) is 109 cm³/mol. The smallest absolute Gasteiger partial charge is 0.236 e. The summed E-state index contributed by atoms with van der Waals surface area (Å²) >= 11 is 0. The maximum atomic E-state index is 13.4. The topological polar surface area (TPSA) is 72.6 Å². The van der Waals surface area contributed by atoms with E-state index < -0.39 is 9.84 Å². The van der Waals surface area contributed by atoms with Gasteiger partial charge in [0.15, 0.2) is 0 Å². The number of ether oxygens (including phenoxy) is 1. The summed E-state index contributed by atoms with van der Waals surface area (Å²) < 4.78 is 38.3. The Morgan fingerprint density at radius 1 is 1.07 bits per heavy atom. The number of rotatable bonds is 5. The monoisotopic (exact) mass is 406 g/mol. The van der Waals surface area contributed by atoms with Gasteiger partial charge in [-0.25, -0.2) is 8.42 Å². The molecule has 1 aliphatic heterocycles. The highest BCUT2D eigenvalue weighted by Crippen LogP contribution is 2.36. The van der Waals surface area contributed by atoms with Gasteiger partial charge in [-0.2, -0.15) is 4.98 Å². The van der Waals surface area contributed by atoms with Crippen molar-refractivity contribution in [3.63, 3.8) is 0 Å². The molecule has 0 aliphatic carbocycles. The van der Waals surface area contributed by atoms with Gasteiger partial charge in [0.2, 0.25) is 26.6 Å². The lowest BCUT2D eigenvalue weighted by atomic mass is 9.97. The Morgan fingerprint density at radius 2 is 1.68 bits per heavy atom. The lowest BCUT2D eigenvalue weighted by Crippen LogP contribution is -2.25. The summed E-state index contributed by atoms with van der Waals surface area (Å²) in [7, 11) is -3.80. The van der Waals surface area contributed by atoms with Crippen LogP contribution in [0.1, 0.15) is 59.3 Å². The Labute approximate surface area is 167 Å². The molecule has 3 rings (SSSR count). The zero-order chi connectivity index (χ0) is 20.4. The molecular formula is C21H30N2O4S. The van der Waals surface area contributed by atoms with E-state index in [1.165, 1.54) is 0 Å². The highest BCUT2D eigenvalue weighted by atomic mass is 32.2. The number of nitrogens with zero attached hydrogens (tertiary/aromatic N) is 2. The molecule has 2 heterocycles. The van der Waals surface area contributed by atoms with Gasteiger partial charge in [-0.3, -0.25) is 0 Å². The molecule has 1 aliphatic rings. The first-order valence-electron chi connectivity index (χ1n) is 9.97. The molecule has 7 heteroatoms. The van der Waals surface area contributed by atoms with Crippen LogP contribution in [-0.2, 0) is 15.3 Å². The SMILES string of the molecule is CCOc1ccc(S(=O)(=O)c2nc(C(C)(C)C)oc2N2CCCCCC2)cc1. The fourth-order valence-corrected chi connectivity index (χ4v) is 4.58. The molecule has 1 fully saturated rings. The van der Waals surface area contributed by atoms with E-state index in [0.29, 0.717) is 24.1 Å². The molecule has 0 unspecified atom stereocenters. The Morgan fingerprint density at radius 3 is 2.21 bits per heavy atom. The van der Waals surface area contributed by atoms with E-state index in [2.05, 4.69) is 4.98 Å². The van der Waals surface area contributed by atoms with Crippen molar-refractivity contribution in [2.75, 3.05) is 24.6 Å². The van der Waals surface area contributed by atoms with Gasteiger partial charge in [0, 0.05) is 18.5 Å². The second-order valence-corrected chi connectivity index (χ2v) is 10.1. The Hall–Kier alpha value is -2.02. The van der Waals surface area contributed by atoms with E-state index in [9.17, 15) is 8.42 Å². The third-order valence-corrected chi connectivity index (χ3v) is 6.48. The quantitative estimate of drug-likeness (QED) is 0.723. The van der Waals surface area contributed by atoms with Crippen LogP contribution in [0.25, 0.3) is 0 Å². The van der Waals surface area contributed by atoms with Crippen molar-refractivity contribution in [3.8, 4) is 5.75 Å². The van der Waals surface area contributed by atoms with Crippen molar-refractivity contribution < 1.29 is 17.6 Å². The van der Waals surface area contributed by atoms with Crippen molar-refractivity contribution >= 4 is 15.7 Å². The van der Waals surface area contributed by atoms with Crippen LogP contribution in [0.15, 0.2) is 38.6 Å². The summed E-state index contributed by atoms with van der Waals surface area (Å²) in [5.74, 6) is 1.46. The maximum Gasteiger partial charge on any atom is 0.236 e. The first kappa shape index (κ1) is 20.7. The van der Waals surface area contributed by atoms with Gasteiger partial charge >= 0.3 is 0 Å². The van der Waals surface area contributed by atoms with Crippen LogP contribution in [0, 0.1) is 0 Å². The Balaban J connectivity index is 2.06. The summed E-state index contributed by atoms with van der Waals surface area (Å²) in [6, 6.07) is 6.48. The third kappa shape index (κ3) is 4.35. The van der Waals surface area contributed by atoms with Crippen LogP contribution in [0.4, 0.5) is 5.88 Å². The molecule has 0 atom stereocenters. The third-order valence-electron chi connectivity index (χ3n) is 4.81. The second kappa shape index (κ2) is 8.15. The lowest BCUT2D eigenvalue weighted by molar-refractivity contribution is 0.340. The molecule has 1 aromatic heterocycles. The number of hydrogen-bond acceptors (Lipinski definition) is 6. The lowest BCUT2D eigenvalue weighted by Gasteiger charge is -2.20. The van der Waals surface area contributed by atoms with Gasteiger partial charge in [-0.05, 0) is 44.0 Å². The minimum Gasteiger partial charge on any atom is -0.494 e. The predicted octanol–water partition coefficient (Wildman–Crippen LogP) is 4.58. The largest absolute Gasteiger partial charge is 0.494 e. The highest BCUT2D eigenvalue weighted by Gasteiger charge is 2.34. The molecule has 0 amide bonds. The molecule has 6 nitrogen and oxygen atoms in total. The molecule has 1 aromatic carbocycles. The maximum absolute atomic E-state index is 13.4. The Bertz CT molecular complexity index is 887. The first-order valence-corrected chi connectivity index (χ1v) is 11.5. The van der Waals surface area contributed by atoms with E-state index >= 15 is 0 Å². The average Bonchev–Trinajstić information content (AvgIpc) is 2.94. The molecule has 28 heavy (non-hydrogen) atoms. The number of hydrogen-bond donors (Lipinski definition) is 0. The van der Waals surface area contributed by atoms with Gasteiger partial charge in [0.1, 0.15) is 5.75 Å². The van der Waals surface area contributed by atoms with E-state index in [-0.39, 0.29) is 15.3 Å². The van der Waals surface area contributed by atoms with E-state index in [1.807, 2.05) is 32.6 Å². The standard InChI is InChI=1S/C21H30N2O4S/c1-5-26-16-10-12-17(13-11-16)28(24,25)18-19(23-14-8-6-7-9-15-23)27-20(22-18)21(2,3)4/h10-13H,5-9,14-15H2,1-4H3. The van der Waals surface area contributed by atoms with Gasteiger partial charge in [-0.1, -0.05) is 33.6 Å². The van der Waals surface area contributed by atoms with E-state index in [0.717, 1.165) is 38.8 Å². The molecule has 0 radical (unpaired) electrons. The van der Waals surface area contributed by atoms with Gasteiger partial charge in [0.05, 0.1) is 11.5 Å². The van der Waals surface area contributed by atoms with Gasteiger partial charge < -0.3 is 14.1 Å². The number of anilines is 1. The minimum atomic E-state index is -3.80. The molecule has 0 N–H and O–H groups in total. The van der Waals surface area contributed by atoms with Crippen LogP contribution >= 0.6 is 0 Å². The highest BCUT2D eigenvalue weighted by molar-refractivity contribution is 7.91. The van der Waals surface area contributed by atoms with E-state index in [1.54, 1.807) is 24.3 Å². The van der Waals surface area contributed by atoms with Crippen molar-refractivity contribution in [2.45, 2.75) is 68.7 Å². The number of benzene rings is 1. The second-order valence-electron chi connectivity index (χ2n) is 8.19. The van der Waals surface area contributed by atoms with Crippen LogP contribution in [0.5, 0.6) is 5.75 Å². The van der Waals surface area contributed by atoms with Crippen LogP contribution in [0.2, 0.25) is 0 Å². The average molecular weight is 407 g/mol. The van der Waals surface area contributed by atoms with Crippen LogP contribution in [-0.4, -0.2) is 33.1 Å². The number of aromatic nitrogens is 1. The summed E-state index contributed by atoms with van der Waals surface area (Å²) in [5, 5.41) is 0.0171. The van der Waals surface area contributed by atoms with Gasteiger partial charge in [0.25, 0.3) is 0 Å². The molecule has 154 valence electrons. The first-order chi connectivity index (χ1) is 13.2. The molecule has 2 aromatic rings. The van der Waals surface area contributed by atoms with Crippen molar-refractivity contribution in [2.24, 2.45) is 0 Å². The molecule has 1 saturated heterocycles. The molecule has 0 spiro atoms. The van der Waals surface area contributed by atoms with E-state index in [4.69, 9.17) is 9.15 Å². The van der Waals surface area contributed by atoms with Crippen LogP contribution in [0.3, 0.4) is 0 Å². The zero-order valence-corrected chi connectivity index (χ0v) is 18.0. The number of oxazole rings is 1. The van der Waals surface area contributed by atoms with Crippen molar-refractivity contribution in [3.05, 3.63) is 30.2 Å². The molecular weight excluding hydrogens is 376 g/mol. The summed E-state index contributed by atoms with van der Waals surface area (Å²) in [5.41, 5.74) is -0.382. The normalized spacial score (nSPS) is 16.1. The van der Waals surface area contributed by atoms with Gasteiger partial charge in [-0.15, -0.1) is 0 Å². The van der Waals surface area contributed by atoms with Crippen LogP contribution < -0.4 is 9.64 Å². The summed E-state index contributed by atoms with van der Waals surface area (Å²) in [6.07, 6.45) is 4.34. The molecule has 0 bridgehead atoms. The fourth-order valence-electron chi connectivity index (χ4n) is 3.26. The minimum absolute atomic E-state index is 0.0171. The molecule has 0 saturated carbocycles. The summed E-state index contributed by atoms with van der Waals surface area (Å²) in [4.78, 5) is 6.70. The number of sulfone groups is 1. The summed E-state index contributed by atoms with van der Waals surface area (Å²) in [6.45, 7) is 9.90. The Kier molecular flexibility index (Phi) is 6.03. The zero-order valence-electron chi connectivity index (χ0n) is 17.2. The fraction of sp³-hybridized carbons (Fsp3) is 0.571. The van der Waals surface area contributed by atoms with Crippen molar-refractivity contribution in [1.82, 2.24) is 4.98 Å².